The number of carbonyl (C=O) groups excluding carboxylic acids is 1. The minimum Gasteiger partial charge on any atom is -0.489 e. The van der Waals surface area contributed by atoms with Gasteiger partial charge in [0.25, 0.3) is 5.56 Å². The number of fused-ring (bicyclic) bond motifs is 3. The van der Waals surface area contributed by atoms with E-state index >= 15 is 0 Å². The normalized spacial score (nSPS) is 13.5. The highest BCUT2D eigenvalue weighted by molar-refractivity contribution is 5.88. The van der Waals surface area contributed by atoms with Crippen LogP contribution in [-0.2, 0) is 31.4 Å². The van der Waals surface area contributed by atoms with Crippen LogP contribution in [0.3, 0.4) is 0 Å². The number of rotatable bonds is 4. The van der Waals surface area contributed by atoms with Crippen molar-refractivity contribution in [2.45, 2.75) is 45.9 Å². The van der Waals surface area contributed by atoms with Gasteiger partial charge in [0, 0.05) is 60.1 Å². The van der Waals surface area contributed by atoms with E-state index in [1.54, 1.807) is 21.7 Å². The molecule has 7 nitrogen and oxygen atoms in total. The molecule has 3 heterocycles. The van der Waals surface area contributed by atoms with Crippen molar-refractivity contribution in [3.63, 3.8) is 0 Å². The fourth-order valence-electron chi connectivity index (χ4n) is 4.70. The molecule has 36 heavy (non-hydrogen) atoms. The van der Waals surface area contributed by atoms with E-state index in [1.165, 1.54) is 11.8 Å². The molecule has 7 heteroatoms. The Bertz CT molecular complexity index is 1480. The molecule has 0 bridgehead atoms. The number of hydrogen-bond acceptors (Lipinski definition) is 4. The molecule has 4 aromatic rings. The van der Waals surface area contributed by atoms with Crippen molar-refractivity contribution in [2.24, 2.45) is 7.05 Å². The predicted octanol–water partition coefficient (Wildman–Crippen LogP) is 5.20. The number of nitrogens with zero attached hydrogens (tertiary/aromatic N) is 3. The first-order valence-corrected chi connectivity index (χ1v) is 12.2. The number of ether oxygens (including phenoxy) is 2. The Morgan fingerprint density at radius 2 is 1.81 bits per heavy atom. The van der Waals surface area contributed by atoms with Crippen LogP contribution < -0.4 is 10.3 Å². The summed E-state index contributed by atoms with van der Waals surface area (Å²) in [6.45, 7) is 7.12. The van der Waals surface area contributed by atoms with Crippen molar-refractivity contribution in [1.29, 1.82) is 0 Å². The highest BCUT2D eigenvalue weighted by Crippen LogP contribution is 2.32. The van der Waals surface area contributed by atoms with E-state index < -0.39 is 5.60 Å². The fraction of sp³-hybridized carbons (Fsp3) is 0.310. The lowest BCUT2D eigenvalue weighted by Crippen LogP contribution is -2.40. The third kappa shape index (κ3) is 4.73. The van der Waals surface area contributed by atoms with Crippen LogP contribution in [0.2, 0.25) is 0 Å². The van der Waals surface area contributed by atoms with Gasteiger partial charge >= 0.3 is 6.09 Å². The minimum atomic E-state index is -0.540. The molecule has 5 rings (SSSR count). The first-order valence-electron chi connectivity index (χ1n) is 12.2. The molecule has 2 aromatic carbocycles. The molecule has 0 saturated heterocycles. The molecule has 0 fully saturated rings. The summed E-state index contributed by atoms with van der Waals surface area (Å²) in [7, 11) is 2.05. The molecule has 0 unspecified atom stereocenters. The minimum absolute atomic E-state index is 0.167. The summed E-state index contributed by atoms with van der Waals surface area (Å²) in [5, 5.41) is 1.04. The average molecular weight is 486 g/mol. The van der Waals surface area contributed by atoms with Crippen LogP contribution in [0.15, 0.2) is 71.7 Å². The first-order chi connectivity index (χ1) is 17.2. The molecule has 1 aliphatic rings. The summed E-state index contributed by atoms with van der Waals surface area (Å²) >= 11 is 0. The smallest absolute Gasteiger partial charge is 0.410 e. The molecule has 0 radical (unpaired) electrons. The van der Waals surface area contributed by atoms with E-state index in [0.29, 0.717) is 25.4 Å². The van der Waals surface area contributed by atoms with E-state index in [9.17, 15) is 9.59 Å². The van der Waals surface area contributed by atoms with Crippen molar-refractivity contribution in [2.75, 3.05) is 6.54 Å². The summed E-state index contributed by atoms with van der Waals surface area (Å²) in [5.41, 5.74) is 4.49. The molecule has 0 aliphatic carbocycles. The van der Waals surface area contributed by atoms with Crippen molar-refractivity contribution >= 4 is 17.0 Å². The second kappa shape index (κ2) is 9.22. The maximum Gasteiger partial charge on any atom is 0.410 e. The predicted molar refractivity (Wildman–Crippen MR) is 140 cm³/mol. The number of benzene rings is 2. The molecule has 0 N–H and O–H groups in total. The lowest BCUT2D eigenvalue weighted by molar-refractivity contribution is 0.0223. The lowest BCUT2D eigenvalue weighted by atomic mass is 10.0. The highest BCUT2D eigenvalue weighted by Gasteiger charge is 2.29. The van der Waals surface area contributed by atoms with E-state index in [4.69, 9.17) is 9.47 Å². The van der Waals surface area contributed by atoms with Gasteiger partial charge in [-0.3, -0.25) is 9.36 Å². The Kier molecular flexibility index (Phi) is 6.08. The third-order valence-corrected chi connectivity index (χ3v) is 6.46. The Morgan fingerprint density at radius 1 is 1.03 bits per heavy atom. The lowest BCUT2D eigenvalue weighted by Gasteiger charge is -2.30. The highest BCUT2D eigenvalue weighted by atomic mass is 16.6. The molecule has 1 amide bonds. The van der Waals surface area contributed by atoms with Gasteiger partial charge in [-0.2, -0.15) is 0 Å². The number of amides is 1. The van der Waals surface area contributed by atoms with Gasteiger partial charge in [0.15, 0.2) is 0 Å². The Morgan fingerprint density at radius 3 is 2.53 bits per heavy atom. The number of aromatic nitrogens is 2. The summed E-state index contributed by atoms with van der Waals surface area (Å²) in [4.78, 5) is 27.4. The Balaban J connectivity index is 1.42. The van der Waals surface area contributed by atoms with Crippen LogP contribution >= 0.6 is 0 Å². The van der Waals surface area contributed by atoms with Gasteiger partial charge < -0.3 is 18.9 Å². The number of pyridine rings is 1. The SMILES string of the molecule is Cn1c2c(c3cc(-n4ccc(OCc5ccccc5)cc4=O)ccc31)CN(C(=O)OC(C)(C)C)CC2. The second-order valence-corrected chi connectivity index (χ2v) is 10.2. The largest absolute Gasteiger partial charge is 0.489 e. The van der Waals surface area contributed by atoms with Crippen molar-refractivity contribution < 1.29 is 14.3 Å². The number of aryl methyl sites for hydroxylation is 1. The first kappa shape index (κ1) is 23.7. The maximum absolute atomic E-state index is 13.0. The van der Waals surface area contributed by atoms with Gasteiger partial charge in [-0.1, -0.05) is 30.3 Å². The van der Waals surface area contributed by atoms with Gasteiger partial charge in [0.05, 0.1) is 6.54 Å². The summed E-state index contributed by atoms with van der Waals surface area (Å²) in [5.74, 6) is 0.534. The zero-order chi connectivity index (χ0) is 25.4. The van der Waals surface area contributed by atoms with Crippen LogP contribution in [0.25, 0.3) is 16.6 Å². The maximum atomic E-state index is 13.0. The summed E-state index contributed by atoms with van der Waals surface area (Å²) in [6.07, 6.45) is 2.19. The number of hydrogen-bond donors (Lipinski definition) is 0. The Labute approximate surface area is 210 Å². The van der Waals surface area contributed by atoms with Crippen LogP contribution in [-0.4, -0.2) is 32.3 Å². The van der Waals surface area contributed by atoms with Gasteiger partial charge in [0.1, 0.15) is 18.0 Å². The van der Waals surface area contributed by atoms with E-state index in [0.717, 1.165) is 34.1 Å². The van der Waals surface area contributed by atoms with Crippen molar-refractivity contribution in [3.8, 4) is 11.4 Å². The standard InChI is InChI=1S/C29H31N3O4/c1-29(2,3)36-28(34)31-14-13-26-24(18-31)23-16-21(10-11-25(23)30(26)4)32-15-12-22(17-27(32)33)35-19-20-8-6-5-7-9-20/h5-12,15-17H,13-14,18-19H2,1-4H3. The van der Waals surface area contributed by atoms with Crippen molar-refractivity contribution in [3.05, 3.63) is 94.0 Å². The molecular formula is C29H31N3O4. The molecule has 2 aromatic heterocycles. The van der Waals surface area contributed by atoms with E-state index in [-0.39, 0.29) is 11.7 Å². The van der Waals surface area contributed by atoms with Gasteiger partial charge in [-0.15, -0.1) is 0 Å². The molecule has 0 atom stereocenters. The fourth-order valence-corrected chi connectivity index (χ4v) is 4.70. The third-order valence-electron chi connectivity index (χ3n) is 6.46. The molecule has 0 spiro atoms. The topological polar surface area (TPSA) is 65.7 Å². The molecular weight excluding hydrogens is 454 g/mol. The molecule has 1 aliphatic heterocycles. The van der Waals surface area contributed by atoms with Gasteiger partial charge in [-0.05, 0) is 50.6 Å². The van der Waals surface area contributed by atoms with E-state index in [2.05, 4.69) is 11.6 Å². The average Bonchev–Trinajstić information content (AvgIpc) is 3.13. The van der Waals surface area contributed by atoms with Crippen molar-refractivity contribution in [1.82, 2.24) is 14.0 Å². The Hall–Kier alpha value is -4.00. The zero-order valence-electron chi connectivity index (χ0n) is 21.2. The summed E-state index contributed by atoms with van der Waals surface area (Å²) in [6, 6.07) is 19.2. The van der Waals surface area contributed by atoms with Gasteiger partial charge in [-0.25, -0.2) is 4.79 Å². The monoisotopic (exact) mass is 485 g/mol. The van der Waals surface area contributed by atoms with Crippen LogP contribution in [0.5, 0.6) is 5.75 Å². The second-order valence-electron chi connectivity index (χ2n) is 10.2. The van der Waals surface area contributed by atoms with E-state index in [1.807, 2.05) is 69.3 Å². The van der Waals surface area contributed by atoms with Crippen LogP contribution in [0.1, 0.15) is 37.6 Å². The quantitative estimate of drug-likeness (QED) is 0.399. The molecule has 186 valence electrons. The zero-order valence-corrected chi connectivity index (χ0v) is 21.2. The van der Waals surface area contributed by atoms with Crippen LogP contribution in [0.4, 0.5) is 4.79 Å². The number of carbonyl (C=O) groups is 1. The molecule has 0 saturated carbocycles. The van der Waals surface area contributed by atoms with Gasteiger partial charge in [0.2, 0.25) is 0 Å². The summed E-state index contributed by atoms with van der Waals surface area (Å²) < 4.78 is 15.2. The van der Waals surface area contributed by atoms with Crippen LogP contribution in [0, 0.1) is 0 Å².